The summed E-state index contributed by atoms with van der Waals surface area (Å²) in [6, 6.07) is 10.9. The summed E-state index contributed by atoms with van der Waals surface area (Å²) in [5.41, 5.74) is 2.36. The van der Waals surface area contributed by atoms with Gasteiger partial charge in [-0.2, -0.15) is 5.10 Å². The molecule has 0 amide bonds. The lowest BCUT2D eigenvalue weighted by atomic mass is 9.98. The maximum Gasteiger partial charge on any atom is 0.0728 e. The van der Waals surface area contributed by atoms with E-state index in [-0.39, 0.29) is 0 Å². The summed E-state index contributed by atoms with van der Waals surface area (Å²) in [4.78, 5) is 0. The molecule has 4 heteroatoms. The Labute approximate surface area is 119 Å². The second kappa shape index (κ2) is 6.09. The van der Waals surface area contributed by atoms with Crippen molar-refractivity contribution in [2.24, 2.45) is 5.92 Å². The number of nitrogens with zero attached hydrogens (tertiary/aromatic N) is 2. The van der Waals surface area contributed by atoms with Crippen LogP contribution in [0.15, 0.2) is 42.7 Å². The van der Waals surface area contributed by atoms with Gasteiger partial charge in [-0.1, -0.05) is 37.3 Å². The van der Waals surface area contributed by atoms with Gasteiger partial charge >= 0.3 is 0 Å². The van der Waals surface area contributed by atoms with Gasteiger partial charge in [0.05, 0.1) is 25.0 Å². The molecule has 1 saturated heterocycles. The van der Waals surface area contributed by atoms with E-state index in [1.165, 1.54) is 5.56 Å². The molecule has 1 aromatic heterocycles. The van der Waals surface area contributed by atoms with Crippen molar-refractivity contribution in [1.82, 2.24) is 9.78 Å². The van der Waals surface area contributed by atoms with Crippen molar-refractivity contribution in [2.45, 2.75) is 25.9 Å². The van der Waals surface area contributed by atoms with E-state index in [0.717, 1.165) is 31.9 Å². The lowest BCUT2D eigenvalue weighted by Gasteiger charge is -2.29. The van der Waals surface area contributed by atoms with E-state index in [0.29, 0.717) is 12.0 Å². The minimum absolute atomic E-state index is 0.484. The van der Waals surface area contributed by atoms with Crippen molar-refractivity contribution in [3.8, 4) is 0 Å². The van der Waals surface area contributed by atoms with Crippen LogP contribution in [0.25, 0.3) is 0 Å². The zero-order valence-electron chi connectivity index (χ0n) is 11.8. The van der Waals surface area contributed by atoms with Gasteiger partial charge in [0, 0.05) is 18.8 Å². The summed E-state index contributed by atoms with van der Waals surface area (Å²) in [5, 5.41) is 8.00. The van der Waals surface area contributed by atoms with Crippen LogP contribution in [0.3, 0.4) is 0 Å². The average molecular weight is 271 g/mol. The molecule has 0 spiro atoms. The monoisotopic (exact) mass is 271 g/mol. The summed E-state index contributed by atoms with van der Waals surface area (Å²) in [6.07, 6.45) is 5.05. The van der Waals surface area contributed by atoms with E-state index in [9.17, 15) is 0 Å². The zero-order valence-corrected chi connectivity index (χ0v) is 11.8. The third-order valence-corrected chi connectivity index (χ3v) is 3.81. The predicted octanol–water partition coefficient (Wildman–Crippen LogP) is 2.77. The van der Waals surface area contributed by atoms with Crippen LogP contribution in [0.4, 0.5) is 5.69 Å². The van der Waals surface area contributed by atoms with Gasteiger partial charge in [0.2, 0.25) is 0 Å². The zero-order chi connectivity index (χ0) is 13.8. The quantitative estimate of drug-likeness (QED) is 0.929. The van der Waals surface area contributed by atoms with E-state index in [1.807, 2.05) is 16.9 Å². The molecule has 1 aromatic carbocycles. The van der Waals surface area contributed by atoms with Crippen LogP contribution in [0, 0.1) is 5.92 Å². The Morgan fingerprint density at radius 3 is 3.00 bits per heavy atom. The average Bonchev–Trinajstić information content (AvgIpc) is 2.90. The number of nitrogens with one attached hydrogen (secondary N) is 1. The molecular formula is C16H21N3O. The van der Waals surface area contributed by atoms with Gasteiger partial charge in [0.1, 0.15) is 0 Å². The first-order valence-corrected chi connectivity index (χ1v) is 7.22. The first-order chi connectivity index (χ1) is 9.81. The Balaban J connectivity index is 1.62. The van der Waals surface area contributed by atoms with Crippen molar-refractivity contribution < 1.29 is 4.74 Å². The minimum atomic E-state index is 0.484. The van der Waals surface area contributed by atoms with Gasteiger partial charge in [-0.3, -0.25) is 4.68 Å². The summed E-state index contributed by atoms with van der Waals surface area (Å²) in [5.74, 6) is 0.543. The number of benzene rings is 1. The number of anilines is 1. The molecule has 4 nitrogen and oxygen atoms in total. The lowest BCUT2D eigenvalue weighted by molar-refractivity contribution is 0.0538. The Morgan fingerprint density at radius 1 is 1.35 bits per heavy atom. The number of aromatic nitrogens is 2. The van der Waals surface area contributed by atoms with Crippen molar-refractivity contribution in [1.29, 1.82) is 0 Å². The second-order valence-corrected chi connectivity index (χ2v) is 5.50. The van der Waals surface area contributed by atoms with Crippen LogP contribution in [0.2, 0.25) is 0 Å². The highest BCUT2D eigenvalue weighted by molar-refractivity contribution is 5.39. The van der Waals surface area contributed by atoms with E-state index in [4.69, 9.17) is 4.74 Å². The van der Waals surface area contributed by atoms with Gasteiger partial charge in [-0.15, -0.1) is 0 Å². The molecular weight excluding hydrogens is 250 g/mol. The molecule has 1 fully saturated rings. The smallest absolute Gasteiger partial charge is 0.0728 e. The van der Waals surface area contributed by atoms with E-state index < -0.39 is 0 Å². The van der Waals surface area contributed by atoms with Crippen LogP contribution >= 0.6 is 0 Å². The predicted molar refractivity (Wildman–Crippen MR) is 79.8 cm³/mol. The number of rotatable bonds is 4. The number of ether oxygens (including phenoxy) is 1. The van der Waals surface area contributed by atoms with Gasteiger partial charge in [-0.05, 0) is 17.9 Å². The molecule has 1 aliphatic heterocycles. The van der Waals surface area contributed by atoms with Gasteiger partial charge in [0.25, 0.3) is 0 Å². The topological polar surface area (TPSA) is 39.1 Å². The van der Waals surface area contributed by atoms with Crippen LogP contribution in [0.1, 0.15) is 18.9 Å². The summed E-state index contributed by atoms with van der Waals surface area (Å²) in [7, 11) is 0. The molecule has 106 valence electrons. The molecule has 0 radical (unpaired) electrons. The van der Waals surface area contributed by atoms with Crippen LogP contribution in [0.5, 0.6) is 0 Å². The van der Waals surface area contributed by atoms with Crippen molar-refractivity contribution in [3.63, 3.8) is 0 Å². The fourth-order valence-corrected chi connectivity index (χ4v) is 2.60. The van der Waals surface area contributed by atoms with E-state index in [1.54, 1.807) is 0 Å². The van der Waals surface area contributed by atoms with Gasteiger partial charge < -0.3 is 10.1 Å². The maximum atomic E-state index is 5.47. The molecule has 3 rings (SSSR count). The molecule has 0 saturated carbocycles. The Hall–Kier alpha value is -1.81. The Bertz CT molecular complexity index is 538. The summed E-state index contributed by atoms with van der Waals surface area (Å²) in [6.45, 7) is 4.73. The molecule has 1 aliphatic rings. The standard InChI is InChI=1S/C16H21N3O/c1-13-12-20-8-7-16(13)18-15-9-17-19(11-15)10-14-5-3-2-4-6-14/h2-6,9,11,13,16,18H,7-8,10,12H2,1H3. The third kappa shape index (κ3) is 3.20. The van der Waals surface area contributed by atoms with Crippen molar-refractivity contribution in [3.05, 3.63) is 48.3 Å². The summed E-state index contributed by atoms with van der Waals surface area (Å²) >= 11 is 0. The van der Waals surface area contributed by atoms with Crippen LogP contribution < -0.4 is 5.32 Å². The third-order valence-electron chi connectivity index (χ3n) is 3.81. The first-order valence-electron chi connectivity index (χ1n) is 7.22. The van der Waals surface area contributed by atoms with E-state index in [2.05, 4.69) is 47.8 Å². The van der Waals surface area contributed by atoms with Gasteiger partial charge in [-0.25, -0.2) is 0 Å². The Morgan fingerprint density at radius 2 is 2.20 bits per heavy atom. The first kappa shape index (κ1) is 13.2. The minimum Gasteiger partial charge on any atom is -0.381 e. The van der Waals surface area contributed by atoms with Gasteiger partial charge in [0.15, 0.2) is 0 Å². The van der Waals surface area contributed by atoms with Crippen molar-refractivity contribution >= 4 is 5.69 Å². The molecule has 2 atom stereocenters. The molecule has 20 heavy (non-hydrogen) atoms. The highest BCUT2D eigenvalue weighted by Crippen LogP contribution is 2.19. The fourth-order valence-electron chi connectivity index (χ4n) is 2.60. The Kier molecular flexibility index (Phi) is 4.02. The van der Waals surface area contributed by atoms with Crippen molar-refractivity contribution in [2.75, 3.05) is 18.5 Å². The maximum absolute atomic E-state index is 5.47. The fraction of sp³-hybridized carbons (Fsp3) is 0.438. The lowest BCUT2D eigenvalue weighted by Crippen LogP contribution is -2.35. The molecule has 1 N–H and O–H groups in total. The van der Waals surface area contributed by atoms with E-state index >= 15 is 0 Å². The molecule has 0 aliphatic carbocycles. The molecule has 2 unspecified atom stereocenters. The number of hydrogen-bond donors (Lipinski definition) is 1. The summed E-state index contributed by atoms with van der Waals surface area (Å²) < 4.78 is 7.45. The highest BCUT2D eigenvalue weighted by Gasteiger charge is 2.21. The largest absolute Gasteiger partial charge is 0.381 e. The highest BCUT2D eigenvalue weighted by atomic mass is 16.5. The normalized spacial score (nSPS) is 22.6. The van der Waals surface area contributed by atoms with Crippen LogP contribution in [-0.2, 0) is 11.3 Å². The van der Waals surface area contributed by atoms with Crippen LogP contribution in [-0.4, -0.2) is 29.0 Å². The molecule has 2 aromatic rings. The molecule has 2 heterocycles. The second-order valence-electron chi connectivity index (χ2n) is 5.50. The SMILES string of the molecule is CC1COCCC1Nc1cnn(Cc2ccccc2)c1. The number of hydrogen-bond acceptors (Lipinski definition) is 3. The molecule has 0 bridgehead atoms.